The number of fused-ring (bicyclic) bond motifs is 4. The Labute approximate surface area is 152 Å². The summed E-state index contributed by atoms with van der Waals surface area (Å²) in [6.07, 6.45) is 6.15. The van der Waals surface area contributed by atoms with E-state index >= 15 is 0 Å². The van der Waals surface area contributed by atoms with Gasteiger partial charge in [-0.25, -0.2) is 12.7 Å². The lowest BCUT2D eigenvalue weighted by Gasteiger charge is -2.55. The third kappa shape index (κ3) is 3.51. The van der Waals surface area contributed by atoms with Crippen LogP contribution in [-0.4, -0.2) is 55.1 Å². The van der Waals surface area contributed by atoms with E-state index in [1.54, 1.807) is 11.2 Å². The van der Waals surface area contributed by atoms with E-state index in [0.717, 1.165) is 26.1 Å². The van der Waals surface area contributed by atoms with E-state index in [9.17, 15) is 8.42 Å². The van der Waals surface area contributed by atoms with Crippen LogP contribution in [0.15, 0.2) is 30.3 Å². The predicted molar refractivity (Wildman–Crippen MR) is 101 cm³/mol. The molecule has 3 aliphatic rings. The maximum atomic E-state index is 12.4. The van der Waals surface area contributed by atoms with Crippen LogP contribution in [0.2, 0.25) is 0 Å². The highest BCUT2D eigenvalue weighted by molar-refractivity contribution is 7.89. The first-order valence-corrected chi connectivity index (χ1v) is 11.4. The smallest absolute Gasteiger partial charge is 0.213 e. The standard InChI is InChI=1S/C20H30N2O2S/c1-2-25(23,24)21-13-17-11-18(15-21)20-10-6-9-19(22(20)14-17)12-16-7-4-3-5-8-16/h3-5,7-8,17-20H,2,6,9-15H2,1H3/t17-,18+,19+,20-/m0/s1. The Kier molecular flexibility index (Phi) is 4.91. The molecule has 3 fully saturated rings. The Hall–Kier alpha value is -0.910. The van der Waals surface area contributed by atoms with E-state index in [-0.39, 0.29) is 5.75 Å². The van der Waals surface area contributed by atoms with Crippen LogP contribution in [0.25, 0.3) is 0 Å². The van der Waals surface area contributed by atoms with Crippen molar-refractivity contribution >= 4 is 10.0 Å². The maximum absolute atomic E-state index is 12.4. The Balaban J connectivity index is 1.51. The average Bonchev–Trinajstić information content (AvgIpc) is 2.63. The third-order valence-corrected chi connectivity index (χ3v) is 8.37. The number of sulfonamides is 1. The van der Waals surface area contributed by atoms with Gasteiger partial charge in [-0.2, -0.15) is 0 Å². The summed E-state index contributed by atoms with van der Waals surface area (Å²) in [6.45, 7) is 4.32. The van der Waals surface area contributed by atoms with Crippen molar-refractivity contribution in [1.82, 2.24) is 9.21 Å². The molecule has 0 unspecified atom stereocenters. The van der Waals surface area contributed by atoms with Crippen LogP contribution in [0.4, 0.5) is 0 Å². The first kappa shape index (κ1) is 17.5. The molecule has 0 spiro atoms. The van der Waals surface area contributed by atoms with E-state index in [4.69, 9.17) is 0 Å². The van der Waals surface area contributed by atoms with Gasteiger partial charge in [-0.1, -0.05) is 36.8 Å². The molecule has 0 aliphatic carbocycles. The molecule has 138 valence electrons. The van der Waals surface area contributed by atoms with Gasteiger partial charge in [0.25, 0.3) is 0 Å². The maximum Gasteiger partial charge on any atom is 0.213 e. The topological polar surface area (TPSA) is 40.6 Å². The number of hydrogen-bond acceptors (Lipinski definition) is 3. The van der Waals surface area contributed by atoms with Gasteiger partial charge in [0.05, 0.1) is 5.75 Å². The molecule has 3 aliphatic heterocycles. The van der Waals surface area contributed by atoms with Gasteiger partial charge in [0.2, 0.25) is 10.0 Å². The quantitative estimate of drug-likeness (QED) is 0.827. The molecule has 1 aromatic carbocycles. The Bertz CT molecular complexity index is 691. The molecule has 3 heterocycles. The van der Waals surface area contributed by atoms with E-state index < -0.39 is 10.0 Å². The van der Waals surface area contributed by atoms with Gasteiger partial charge in [-0.3, -0.25) is 4.90 Å². The van der Waals surface area contributed by atoms with Crippen molar-refractivity contribution in [2.75, 3.05) is 25.4 Å². The second-order valence-electron chi connectivity index (χ2n) is 8.12. The fourth-order valence-corrected chi connectivity index (χ4v) is 6.60. The molecular formula is C20H30N2O2S. The van der Waals surface area contributed by atoms with E-state index in [2.05, 4.69) is 35.2 Å². The number of hydrogen-bond donors (Lipinski definition) is 0. The molecule has 5 heteroatoms. The Morgan fingerprint density at radius 3 is 2.64 bits per heavy atom. The molecule has 0 radical (unpaired) electrons. The van der Waals surface area contributed by atoms with Crippen molar-refractivity contribution in [3.63, 3.8) is 0 Å². The van der Waals surface area contributed by atoms with Crippen LogP contribution >= 0.6 is 0 Å². The first-order chi connectivity index (χ1) is 12.1. The van der Waals surface area contributed by atoms with Crippen LogP contribution in [0.5, 0.6) is 0 Å². The van der Waals surface area contributed by atoms with Crippen molar-refractivity contribution in [3.8, 4) is 0 Å². The molecule has 0 N–H and O–H groups in total. The van der Waals surface area contributed by atoms with Crippen molar-refractivity contribution < 1.29 is 8.42 Å². The molecule has 1 aromatic rings. The number of piperidine rings is 3. The number of nitrogens with zero attached hydrogens (tertiary/aromatic N) is 2. The van der Waals surface area contributed by atoms with Gasteiger partial charge < -0.3 is 0 Å². The fraction of sp³-hybridized carbons (Fsp3) is 0.700. The lowest BCUT2D eigenvalue weighted by atomic mass is 9.74. The predicted octanol–water partition coefficient (Wildman–Crippen LogP) is 2.75. The van der Waals surface area contributed by atoms with Crippen LogP contribution < -0.4 is 0 Å². The zero-order valence-corrected chi connectivity index (χ0v) is 16.0. The Morgan fingerprint density at radius 2 is 1.88 bits per heavy atom. The lowest BCUT2D eigenvalue weighted by molar-refractivity contribution is -0.0402. The molecule has 4 nitrogen and oxygen atoms in total. The monoisotopic (exact) mass is 362 g/mol. The summed E-state index contributed by atoms with van der Waals surface area (Å²) < 4.78 is 26.5. The Morgan fingerprint density at radius 1 is 1.08 bits per heavy atom. The molecule has 3 saturated heterocycles. The molecule has 0 amide bonds. The molecule has 4 rings (SSSR count). The minimum Gasteiger partial charge on any atom is -0.296 e. The fourth-order valence-electron chi connectivity index (χ4n) is 5.38. The summed E-state index contributed by atoms with van der Waals surface area (Å²) >= 11 is 0. The lowest BCUT2D eigenvalue weighted by Crippen LogP contribution is -2.62. The molecule has 0 saturated carbocycles. The third-order valence-electron chi connectivity index (χ3n) is 6.55. The van der Waals surface area contributed by atoms with Crippen molar-refractivity contribution in [3.05, 3.63) is 35.9 Å². The van der Waals surface area contributed by atoms with E-state index in [1.807, 2.05) is 0 Å². The number of rotatable bonds is 4. The minimum absolute atomic E-state index is 0.234. The summed E-state index contributed by atoms with van der Waals surface area (Å²) in [5.41, 5.74) is 1.43. The van der Waals surface area contributed by atoms with Gasteiger partial charge in [-0.05, 0) is 50.0 Å². The van der Waals surface area contributed by atoms with Gasteiger partial charge >= 0.3 is 0 Å². The van der Waals surface area contributed by atoms with Gasteiger partial charge in [0.15, 0.2) is 0 Å². The molecule has 4 atom stereocenters. The van der Waals surface area contributed by atoms with Crippen molar-refractivity contribution in [2.24, 2.45) is 11.8 Å². The number of benzene rings is 1. The zero-order valence-electron chi connectivity index (χ0n) is 15.2. The molecule has 25 heavy (non-hydrogen) atoms. The SMILES string of the molecule is CCS(=O)(=O)N1C[C@@H]2C[C@H](C1)[C@@H]1CCC[C@H](Cc3ccccc3)N1C2. The van der Waals surface area contributed by atoms with E-state index in [1.165, 1.54) is 31.2 Å². The highest BCUT2D eigenvalue weighted by atomic mass is 32.2. The van der Waals surface area contributed by atoms with Gasteiger partial charge in [0.1, 0.15) is 0 Å². The second kappa shape index (κ2) is 7.01. The largest absolute Gasteiger partial charge is 0.296 e. The molecule has 2 bridgehead atoms. The van der Waals surface area contributed by atoms with Gasteiger partial charge in [0, 0.05) is 31.7 Å². The normalized spacial score (nSPS) is 33.8. The summed E-state index contributed by atoms with van der Waals surface area (Å²) in [5, 5.41) is 0. The van der Waals surface area contributed by atoms with Crippen LogP contribution in [0, 0.1) is 11.8 Å². The van der Waals surface area contributed by atoms with E-state index in [0.29, 0.717) is 23.9 Å². The second-order valence-corrected chi connectivity index (χ2v) is 10.4. The summed E-state index contributed by atoms with van der Waals surface area (Å²) in [6, 6.07) is 12.0. The molecule has 0 aromatic heterocycles. The summed E-state index contributed by atoms with van der Waals surface area (Å²) in [5.74, 6) is 1.26. The van der Waals surface area contributed by atoms with Crippen molar-refractivity contribution in [2.45, 2.75) is 51.1 Å². The molecular weight excluding hydrogens is 332 g/mol. The van der Waals surface area contributed by atoms with Gasteiger partial charge in [-0.15, -0.1) is 0 Å². The minimum atomic E-state index is -3.05. The van der Waals surface area contributed by atoms with Crippen LogP contribution in [0.1, 0.15) is 38.2 Å². The highest BCUT2D eigenvalue weighted by Crippen LogP contribution is 2.40. The van der Waals surface area contributed by atoms with Crippen LogP contribution in [-0.2, 0) is 16.4 Å². The highest BCUT2D eigenvalue weighted by Gasteiger charge is 2.46. The first-order valence-electron chi connectivity index (χ1n) is 9.84. The summed E-state index contributed by atoms with van der Waals surface area (Å²) in [4.78, 5) is 2.76. The summed E-state index contributed by atoms with van der Waals surface area (Å²) in [7, 11) is -3.05. The van der Waals surface area contributed by atoms with Crippen LogP contribution in [0.3, 0.4) is 0 Å². The average molecular weight is 363 g/mol. The van der Waals surface area contributed by atoms with Crippen molar-refractivity contribution in [1.29, 1.82) is 0 Å². The zero-order chi connectivity index (χ0) is 17.4.